The second kappa shape index (κ2) is 5.47. The van der Waals surface area contributed by atoms with Gasteiger partial charge in [-0.2, -0.15) is 0 Å². The van der Waals surface area contributed by atoms with Gasteiger partial charge in [-0.1, -0.05) is 29.4 Å². The first-order valence-electron chi connectivity index (χ1n) is 6.06. The van der Waals surface area contributed by atoms with Gasteiger partial charge < -0.3 is 4.74 Å². The average Bonchev–Trinajstić information content (AvgIpc) is 2.54. The molecule has 104 valence electrons. The summed E-state index contributed by atoms with van der Waals surface area (Å²) in [7, 11) is 1.57. The number of hydrogen-bond donors (Lipinski definition) is 0. The zero-order valence-electron chi connectivity index (χ0n) is 10.6. The first-order chi connectivity index (χ1) is 9.58. The highest BCUT2D eigenvalue weighted by Crippen LogP contribution is 2.46. The first-order valence-corrected chi connectivity index (χ1v) is 7.69. The summed E-state index contributed by atoms with van der Waals surface area (Å²) in [5.41, 5.74) is 2.00. The summed E-state index contributed by atoms with van der Waals surface area (Å²) in [6.45, 7) is 0. The summed E-state index contributed by atoms with van der Waals surface area (Å²) in [6.07, 6.45) is 0.653. The summed E-state index contributed by atoms with van der Waals surface area (Å²) in [5, 5.41) is 0.349. The van der Waals surface area contributed by atoms with Gasteiger partial charge >= 0.3 is 0 Å². The fraction of sp³-hybridized carbons (Fsp3) is 0.200. The Bertz CT molecular complexity index is 675. The van der Waals surface area contributed by atoms with Gasteiger partial charge in [-0.25, -0.2) is 4.39 Å². The molecule has 0 aromatic heterocycles. The summed E-state index contributed by atoms with van der Waals surface area (Å²) in [4.78, 5) is 1.84. The Kier molecular flexibility index (Phi) is 3.85. The molecule has 5 heteroatoms. The number of alkyl halides is 1. The molecule has 1 atom stereocenters. The lowest BCUT2D eigenvalue weighted by molar-refractivity contribution is 0.413. The normalized spacial score (nSPS) is 17.1. The van der Waals surface area contributed by atoms with Crippen molar-refractivity contribution in [3.05, 3.63) is 52.3 Å². The van der Waals surface area contributed by atoms with E-state index in [9.17, 15) is 4.39 Å². The van der Waals surface area contributed by atoms with Crippen LogP contribution in [0.5, 0.6) is 5.75 Å². The number of fused-ring (bicyclic) bond motifs is 2. The molecule has 1 unspecified atom stereocenters. The molecule has 2 aromatic carbocycles. The predicted molar refractivity (Wildman–Crippen MR) is 80.8 cm³/mol. The molecule has 1 nitrogen and oxygen atoms in total. The number of benzene rings is 2. The molecule has 2 aromatic rings. The van der Waals surface area contributed by atoms with E-state index in [2.05, 4.69) is 0 Å². The van der Waals surface area contributed by atoms with Crippen LogP contribution in [0.25, 0.3) is 0 Å². The summed E-state index contributed by atoms with van der Waals surface area (Å²) in [6, 6.07) is 8.49. The zero-order valence-corrected chi connectivity index (χ0v) is 12.9. The standard InChI is InChI=1S/C15H11Cl2FOS/c1-19-13-7-15-10(6-12(13)17)11(16)4-8-2-3-9(18)5-14(8)20-15/h2-3,5-7,11H,4H2,1H3. The van der Waals surface area contributed by atoms with Crippen LogP contribution in [0.3, 0.4) is 0 Å². The van der Waals surface area contributed by atoms with Crippen LogP contribution in [0, 0.1) is 5.82 Å². The van der Waals surface area contributed by atoms with E-state index >= 15 is 0 Å². The Labute approximate surface area is 131 Å². The molecule has 0 N–H and O–H groups in total. The highest BCUT2D eigenvalue weighted by molar-refractivity contribution is 7.99. The molecule has 0 saturated heterocycles. The molecule has 1 aliphatic rings. The van der Waals surface area contributed by atoms with Gasteiger partial charge in [0, 0.05) is 9.79 Å². The molecular formula is C15H11Cl2FOS. The van der Waals surface area contributed by atoms with E-state index in [1.165, 1.54) is 17.8 Å². The third kappa shape index (κ3) is 2.50. The maximum absolute atomic E-state index is 13.4. The van der Waals surface area contributed by atoms with Crippen molar-refractivity contribution in [2.24, 2.45) is 0 Å². The Morgan fingerprint density at radius 1 is 1.25 bits per heavy atom. The predicted octanol–water partition coefficient (Wildman–Crippen LogP) is 5.47. The SMILES string of the molecule is COc1cc2c(cc1Cl)C(Cl)Cc1ccc(F)cc1S2. The van der Waals surface area contributed by atoms with Gasteiger partial charge in [-0.3, -0.25) is 0 Å². The van der Waals surface area contributed by atoms with Gasteiger partial charge in [0.15, 0.2) is 0 Å². The third-order valence-corrected chi connectivity index (χ3v) is 5.13. The van der Waals surface area contributed by atoms with Gasteiger partial charge in [0.25, 0.3) is 0 Å². The molecule has 3 rings (SSSR count). The molecule has 0 spiro atoms. The van der Waals surface area contributed by atoms with Gasteiger partial charge in [-0.15, -0.1) is 11.6 Å². The Morgan fingerprint density at radius 2 is 2.05 bits per heavy atom. The number of rotatable bonds is 1. The molecule has 1 aliphatic heterocycles. The maximum atomic E-state index is 13.4. The number of halogens is 3. The van der Waals surface area contributed by atoms with Gasteiger partial charge in [0.05, 0.1) is 17.5 Å². The summed E-state index contributed by atoms with van der Waals surface area (Å²) in [5.74, 6) is 0.355. The quantitative estimate of drug-likeness (QED) is 0.641. The van der Waals surface area contributed by atoms with Crippen LogP contribution in [-0.2, 0) is 6.42 Å². The van der Waals surface area contributed by atoms with Gasteiger partial charge in [0.1, 0.15) is 11.6 Å². The monoisotopic (exact) mass is 328 g/mol. The maximum Gasteiger partial charge on any atom is 0.138 e. The van der Waals surface area contributed by atoms with E-state index in [1.54, 1.807) is 19.2 Å². The lowest BCUT2D eigenvalue weighted by atomic mass is 10.0. The molecular weight excluding hydrogens is 318 g/mol. The van der Waals surface area contributed by atoms with Crippen LogP contribution in [0.15, 0.2) is 40.1 Å². The van der Waals surface area contributed by atoms with Crippen LogP contribution < -0.4 is 4.74 Å². The van der Waals surface area contributed by atoms with Gasteiger partial charge in [0.2, 0.25) is 0 Å². The number of hydrogen-bond acceptors (Lipinski definition) is 2. The minimum atomic E-state index is -0.244. The lowest BCUT2D eigenvalue weighted by Gasteiger charge is -2.13. The van der Waals surface area contributed by atoms with E-state index in [0.717, 1.165) is 20.9 Å². The van der Waals surface area contributed by atoms with Crippen molar-refractivity contribution in [2.45, 2.75) is 21.6 Å². The summed E-state index contributed by atoms with van der Waals surface area (Å²) >= 11 is 14.1. The molecule has 0 saturated carbocycles. The van der Waals surface area contributed by atoms with Crippen molar-refractivity contribution >= 4 is 35.0 Å². The van der Waals surface area contributed by atoms with Crippen molar-refractivity contribution < 1.29 is 9.13 Å². The second-order valence-corrected chi connectivity index (χ2v) is 6.57. The zero-order chi connectivity index (χ0) is 14.3. The molecule has 1 heterocycles. The number of methoxy groups -OCH3 is 1. The fourth-order valence-corrected chi connectivity index (χ4v) is 4.09. The third-order valence-electron chi connectivity index (χ3n) is 3.27. The van der Waals surface area contributed by atoms with E-state index < -0.39 is 0 Å². The van der Waals surface area contributed by atoms with E-state index in [0.29, 0.717) is 17.2 Å². The van der Waals surface area contributed by atoms with E-state index in [-0.39, 0.29) is 11.2 Å². The van der Waals surface area contributed by atoms with Crippen molar-refractivity contribution in [3.63, 3.8) is 0 Å². The van der Waals surface area contributed by atoms with Crippen molar-refractivity contribution in [2.75, 3.05) is 7.11 Å². The van der Waals surface area contributed by atoms with E-state index in [1.807, 2.05) is 12.1 Å². The Morgan fingerprint density at radius 3 is 2.80 bits per heavy atom. The highest BCUT2D eigenvalue weighted by atomic mass is 35.5. The van der Waals surface area contributed by atoms with Gasteiger partial charge in [-0.05, 0) is 41.8 Å². The molecule has 0 radical (unpaired) electrons. The fourth-order valence-electron chi connectivity index (χ4n) is 2.25. The van der Waals surface area contributed by atoms with Crippen molar-refractivity contribution in [3.8, 4) is 5.75 Å². The highest BCUT2D eigenvalue weighted by Gasteiger charge is 2.23. The number of ether oxygens (including phenoxy) is 1. The van der Waals surface area contributed by atoms with Crippen LogP contribution in [0.4, 0.5) is 4.39 Å². The molecule has 0 fully saturated rings. The minimum absolute atomic E-state index is 0.187. The minimum Gasteiger partial charge on any atom is -0.495 e. The molecule has 0 bridgehead atoms. The van der Waals surface area contributed by atoms with Crippen LogP contribution >= 0.6 is 35.0 Å². The summed E-state index contributed by atoms with van der Waals surface area (Å²) < 4.78 is 18.7. The Hall–Kier alpha value is -0.900. The Balaban J connectivity index is 2.14. The van der Waals surface area contributed by atoms with Crippen molar-refractivity contribution in [1.82, 2.24) is 0 Å². The van der Waals surface area contributed by atoms with Crippen LogP contribution in [0.1, 0.15) is 16.5 Å². The largest absolute Gasteiger partial charge is 0.495 e. The smallest absolute Gasteiger partial charge is 0.138 e. The second-order valence-electron chi connectivity index (χ2n) is 4.55. The van der Waals surface area contributed by atoms with Crippen molar-refractivity contribution in [1.29, 1.82) is 0 Å². The topological polar surface area (TPSA) is 9.23 Å². The average molecular weight is 329 g/mol. The van der Waals surface area contributed by atoms with E-state index in [4.69, 9.17) is 27.9 Å². The van der Waals surface area contributed by atoms with Crippen LogP contribution in [-0.4, -0.2) is 7.11 Å². The molecule has 0 aliphatic carbocycles. The first kappa shape index (κ1) is 14.1. The molecule has 0 amide bonds. The molecule has 20 heavy (non-hydrogen) atoms. The van der Waals surface area contributed by atoms with Crippen LogP contribution in [0.2, 0.25) is 5.02 Å². The lowest BCUT2D eigenvalue weighted by Crippen LogP contribution is -1.96.